The maximum absolute atomic E-state index is 13.5. The third-order valence-corrected chi connectivity index (χ3v) is 8.52. The average Bonchev–Trinajstić information content (AvgIpc) is 3.59. The Morgan fingerprint density at radius 2 is 1.45 bits per heavy atom. The van der Waals surface area contributed by atoms with Crippen molar-refractivity contribution in [1.82, 2.24) is 20.5 Å². The van der Waals surface area contributed by atoms with Crippen LogP contribution in [0.25, 0.3) is 0 Å². The van der Waals surface area contributed by atoms with Gasteiger partial charge in [0, 0.05) is 44.1 Å². The SMILES string of the molecule is O=C(N[C@@H](Cc1ccccc1)[C@@H](O)C[C@H](Cc1ccccc1)NC(=O)N1CCN(c2ccccc2)CC1)OCc1cncs1. The van der Waals surface area contributed by atoms with E-state index >= 15 is 0 Å². The lowest BCUT2D eigenvalue weighted by Crippen LogP contribution is -2.55. The van der Waals surface area contributed by atoms with Gasteiger partial charge in [-0.15, -0.1) is 11.3 Å². The van der Waals surface area contributed by atoms with Crippen molar-refractivity contribution in [3.63, 3.8) is 0 Å². The molecule has 0 aliphatic carbocycles. The molecule has 0 radical (unpaired) electrons. The summed E-state index contributed by atoms with van der Waals surface area (Å²) < 4.78 is 5.42. The molecule has 3 N–H and O–H groups in total. The number of aromatic nitrogens is 1. The molecule has 5 rings (SSSR count). The lowest BCUT2D eigenvalue weighted by atomic mass is 9.93. The van der Waals surface area contributed by atoms with Crippen molar-refractivity contribution in [1.29, 1.82) is 0 Å². The van der Waals surface area contributed by atoms with Crippen LogP contribution in [0.3, 0.4) is 0 Å². The van der Waals surface area contributed by atoms with Gasteiger partial charge in [0.2, 0.25) is 0 Å². The number of rotatable bonds is 12. The van der Waals surface area contributed by atoms with Crippen LogP contribution >= 0.6 is 11.3 Å². The molecule has 44 heavy (non-hydrogen) atoms. The number of thiazole rings is 1. The van der Waals surface area contributed by atoms with E-state index in [0.717, 1.165) is 34.8 Å². The predicted molar refractivity (Wildman–Crippen MR) is 173 cm³/mol. The summed E-state index contributed by atoms with van der Waals surface area (Å²) in [6.07, 6.45) is 1.30. The molecule has 9 nitrogen and oxygen atoms in total. The molecular weight excluding hydrogens is 574 g/mol. The molecule has 0 saturated carbocycles. The summed E-state index contributed by atoms with van der Waals surface area (Å²) in [7, 11) is 0. The van der Waals surface area contributed by atoms with E-state index < -0.39 is 18.2 Å². The van der Waals surface area contributed by atoms with Crippen LogP contribution in [0.1, 0.15) is 22.4 Å². The predicted octanol–water partition coefficient (Wildman–Crippen LogP) is 4.87. The molecule has 1 aliphatic rings. The summed E-state index contributed by atoms with van der Waals surface area (Å²) in [5.41, 5.74) is 4.86. The number of ether oxygens (including phenoxy) is 1. The normalized spacial score (nSPS) is 15.2. The summed E-state index contributed by atoms with van der Waals surface area (Å²) >= 11 is 1.41. The van der Waals surface area contributed by atoms with E-state index in [4.69, 9.17) is 4.74 Å². The first kappa shape index (κ1) is 31.0. The molecule has 0 bridgehead atoms. The second-order valence-corrected chi connectivity index (χ2v) is 11.9. The van der Waals surface area contributed by atoms with Gasteiger partial charge < -0.3 is 30.3 Å². The van der Waals surface area contributed by atoms with Crippen LogP contribution in [-0.2, 0) is 24.2 Å². The number of urea groups is 1. The second-order valence-electron chi connectivity index (χ2n) is 10.9. The fourth-order valence-electron chi connectivity index (χ4n) is 5.41. The van der Waals surface area contributed by atoms with Gasteiger partial charge >= 0.3 is 12.1 Å². The van der Waals surface area contributed by atoms with E-state index in [1.165, 1.54) is 11.3 Å². The number of hydrogen-bond acceptors (Lipinski definition) is 7. The van der Waals surface area contributed by atoms with Crippen LogP contribution in [0.4, 0.5) is 15.3 Å². The highest BCUT2D eigenvalue weighted by atomic mass is 32.1. The molecule has 0 unspecified atom stereocenters. The Morgan fingerprint density at radius 3 is 2.07 bits per heavy atom. The zero-order valence-electron chi connectivity index (χ0n) is 24.6. The number of aliphatic hydroxyl groups is 1. The molecule has 1 aliphatic heterocycles. The van der Waals surface area contributed by atoms with Gasteiger partial charge in [0.25, 0.3) is 0 Å². The van der Waals surface area contributed by atoms with Gasteiger partial charge in [-0.25, -0.2) is 9.59 Å². The number of piperazine rings is 1. The maximum Gasteiger partial charge on any atom is 0.407 e. The Bertz CT molecular complexity index is 1420. The first-order valence-electron chi connectivity index (χ1n) is 15.0. The third-order valence-electron chi connectivity index (χ3n) is 7.76. The Hall–Kier alpha value is -4.41. The number of nitrogens with zero attached hydrogens (tertiary/aromatic N) is 3. The smallest absolute Gasteiger partial charge is 0.407 e. The van der Waals surface area contributed by atoms with Gasteiger partial charge in [-0.05, 0) is 42.5 Å². The number of carbonyl (C=O) groups excluding carboxylic acids is 2. The molecule has 1 saturated heterocycles. The van der Waals surface area contributed by atoms with Crippen molar-refractivity contribution >= 4 is 29.1 Å². The van der Waals surface area contributed by atoms with Gasteiger partial charge in [-0.3, -0.25) is 4.98 Å². The Morgan fingerprint density at radius 1 is 0.841 bits per heavy atom. The quantitative estimate of drug-likeness (QED) is 0.211. The number of carbonyl (C=O) groups is 2. The van der Waals surface area contributed by atoms with Crippen LogP contribution < -0.4 is 15.5 Å². The number of nitrogens with one attached hydrogen (secondary N) is 2. The van der Waals surface area contributed by atoms with Crippen LogP contribution in [-0.4, -0.2) is 71.5 Å². The minimum absolute atomic E-state index is 0.106. The van der Waals surface area contributed by atoms with Crippen LogP contribution in [0, 0.1) is 0 Å². The molecule has 3 aromatic carbocycles. The Kier molecular flexibility index (Phi) is 11.2. The monoisotopic (exact) mass is 613 g/mol. The number of benzene rings is 3. The summed E-state index contributed by atoms with van der Waals surface area (Å²) in [5, 5.41) is 17.6. The first-order chi connectivity index (χ1) is 21.5. The van der Waals surface area contributed by atoms with Crippen molar-refractivity contribution in [2.24, 2.45) is 0 Å². The highest BCUT2D eigenvalue weighted by Crippen LogP contribution is 2.18. The Balaban J connectivity index is 1.24. The minimum atomic E-state index is -0.949. The lowest BCUT2D eigenvalue weighted by molar-refractivity contribution is 0.0893. The summed E-state index contributed by atoms with van der Waals surface area (Å²) in [5.74, 6) is 0. The number of amides is 3. The second kappa shape index (κ2) is 15.9. The van der Waals surface area contributed by atoms with Gasteiger partial charge in [-0.2, -0.15) is 0 Å². The number of hydrogen-bond donors (Lipinski definition) is 3. The van der Waals surface area contributed by atoms with Crippen LogP contribution in [0.5, 0.6) is 0 Å². The third kappa shape index (κ3) is 9.29. The summed E-state index contributed by atoms with van der Waals surface area (Å²) in [6, 6.07) is 28.7. The lowest BCUT2D eigenvalue weighted by Gasteiger charge is -2.37. The molecule has 2 heterocycles. The minimum Gasteiger partial charge on any atom is -0.444 e. The van der Waals surface area contributed by atoms with Crippen molar-refractivity contribution in [2.75, 3.05) is 31.1 Å². The number of para-hydroxylation sites is 1. The van der Waals surface area contributed by atoms with E-state index in [2.05, 4.69) is 32.7 Å². The molecule has 3 atom stereocenters. The van der Waals surface area contributed by atoms with Gasteiger partial charge in [0.1, 0.15) is 6.61 Å². The number of alkyl carbamates (subject to hydrolysis) is 1. The zero-order chi connectivity index (χ0) is 30.6. The maximum atomic E-state index is 13.5. The van der Waals surface area contributed by atoms with Crippen LogP contribution in [0.15, 0.2) is 103 Å². The molecular formula is C34H39N5O4S. The van der Waals surface area contributed by atoms with Crippen LogP contribution in [0.2, 0.25) is 0 Å². The molecule has 10 heteroatoms. The van der Waals surface area contributed by atoms with E-state index in [1.54, 1.807) is 11.7 Å². The van der Waals surface area contributed by atoms with Crippen molar-refractivity contribution in [3.8, 4) is 0 Å². The molecule has 230 valence electrons. The molecule has 3 amide bonds. The fourth-order valence-corrected chi connectivity index (χ4v) is 5.92. The van der Waals surface area contributed by atoms with E-state index in [1.807, 2.05) is 83.8 Å². The Labute approximate surface area is 262 Å². The summed E-state index contributed by atoms with van der Waals surface area (Å²) in [6.45, 7) is 2.80. The molecule has 4 aromatic rings. The van der Waals surface area contributed by atoms with E-state index in [-0.39, 0.29) is 25.1 Å². The zero-order valence-corrected chi connectivity index (χ0v) is 25.4. The highest BCUT2D eigenvalue weighted by Gasteiger charge is 2.29. The number of aliphatic hydroxyl groups excluding tert-OH is 1. The van der Waals surface area contributed by atoms with E-state index in [9.17, 15) is 14.7 Å². The number of anilines is 1. The highest BCUT2D eigenvalue weighted by molar-refractivity contribution is 7.09. The van der Waals surface area contributed by atoms with Crippen molar-refractivity contribution in [3.05, 3.63) is 119 Å². The topological polar surface area (TPSA) is 107 Å². The molecule has 0 spiro atoms. The molecule has 1 aromatic heterocycles. The van der Waals surface area contributed by atoms with E-state index in [0.29, 0.717) is 25.9 Å². The van der Waals surface area contributed by atoms with Crippen molar-refractivity contribution < 1.29 is 19.4 Å². The van der Waals surface area contributed by atoms with Gasteiger partial charge in [0.15, 0.2) is 0 Å². The average molecular weight is 614 g/mol. The van der Waals surface area contributed by atoms with Gasteiger partial charge in [-0.1, -0.05) is 78.9 Å². The fraction of sp³-hybridized carbons (Fsp3) is 0.324. The largest absolute Gasteiger partial charge is 0.444 e. The standard InChI is InChI=1S/C34H39N5O4S/c40-32(31(21-27-12-6-2-7-13-27)37-34(42)43-24-30-23-35-25-44-30)22-28(20-26-10-4-1-5-11-26)36-33(41)39-18-16-38(17-19-39)29-14-8-3-9-15-29/h1-15,23,25,28,31-32,40H,16-22,24H2,(H,36,41)(H,37,42)/t28-,31-,32-/m0/s1. The summed E-state index contributed by atoms with van der Waals surface area (Å²) in [4.78, 5) is 35.2. The van der Waals surface area contributed by atoms with Crippen molar-refractivity contribution in [2.45, 2.75) is 44.1 Å². The van der Waals surface area contributed by atoms with Gasteiger partial charge in [0.05, 0.1) is 22.5 Å². The molecule has 1 fully saturated rings. The first-order valence-corrected chi connectivity index (χ1v) is 15.8.